The summed E-state index contributed by atoms with van der Waals surface area (Å²) in [5, 5.41) is 4.29. The Morgan fingerprint density at radius 2 is 1.59 bits per heavy atom. The number of nitrogens with one attached hydrogen (secondary N) is 1. The molecule has 0 radical (unpaired) electrons. The molecule has 0 aliphatic carbocycles. The molecule has 1 N–H and O–H groups in total. The van der Waals surface area contributed by atoms with Gasteiger partial charge in [0.15, 0.2) is 0 Å². The number of hydrogen-bond donors (Lipinski definition) is 1. The Morgan fingerprint density at radius 1 is 0.906 bits per heavy atom. The van der Waals surface area contributed by atoms with Gasteiger partial charge in [-0.2, -0.15) is 0 Å². The number of nitrogens with zero attached hydrogens (tertiary/aromatic N) is 1. The Labute approximate surface area is 196 Å². The third-order valence-corrected chi connectivity index (χ3v) is 5.56. The van der Waals surface area contributed by atoms with Crippen LogP contribution >= 0.6 is 23.2 Å². The molecule has 1 aliphatic rings. The Bertz CT molecular complexity index is 1240. The molecule has 32 heavy (non-hydrogen) atoms. The Balaban J connectivity index is 1.84. The van der Waals surface area contributed by atoms with E-state index in [1.54, 1.807) is 66.7 Å². The zero-order valence-electron chi connectivity index (χ0n) is 17.5. The number of benzene rings is 3. The van der Waals surface area contributed by atoms with Gasteiger partial charge in [0.2, 0.25) is 0 Å². The van der Waals surface area contributed by atoms with Gasteiger partial charge in [0, 0.05) is 15.7 Å². The maximum Gasteiger partial charge on any atom is 0.282 e. The minimum absolute atomic E-state index is 0.175. The van der Waals surface area contributed by atoms with Gasteiger partial charge in [0.25, 0.3) is 11.8 Å². The van der Waals surface area contributed by atoms with Gasteiger partial charge in [0.1, 0.15) is 11.4 Å². The summed E-state index contributed by atoms with van der Waals surface area (Å²) in [4.78, 5) is 28.3. The van der Waals surface area contributed by atoms with Crippen LogP contribution in [0.15, 0.2) is 72.4 Å². The van der Waals surface area contributed by atoms with Crippen molar-refractivity contribution in [1.82, 2.24) is 0 Å². The van der Waals surface area contributed by atoms with E-state index in [1.807, 2.05) is 13.8 Å². The van der Waals surface area contributed by atoms with Crippen LogP contribution in [0.3, 0.4) is 0 Å². The van der Waals surface area contributed by atoms with Crippen molar-refractivity contribution in [3.63, 3.8) is 0 Å². The van der Waals surface area contributed by atoms with Crippen LogP contribution in [-0.4, -0.2) is 18.4 Å². The Morgan fingerprint density at radius 3 is 2.28 bits per heavy atom. The lowest BCUT2D eigenvalue weighted by Crippen LogP contribution is -2.32. The fraction of sp³-hybridized carbons (Fsp3) is 0.120. The Hall–Kier alpha value is -3.28. The second-order valence-electron chi connectivity index (χ2n) is 7.19. The third-order valence-electron chi connectivity index (χ3n) is 5.07. The van der Waals surface area contributed by atoms with Gasteiger partial charge >= 0.3 is 0 Å². The molecule has 7 heteroatoms. The minimum atomic E-state index is -0.471. The van der Waals surface area contributed by atoms with E-state index in [2.05, 4.69) is 5.32 Å². The molecule has 0 spiro atoms. The van der Waals surface area contributed by atoms with Crippen LogP contribution in [0.4, 0.5) is 11.4 Å². The van der Waals surface area contributed by atoms with Crippen LogP contribution in [0, 0.1) is 6.92 Å². The van der Waals surface area contributed by atoms with Crippen molar-refractivity contribution in [1.29, 1.82) is 0 Å². The number of amides is 2. The van der Waals surface area contributed by atoms with E-state index in [-0.39, 0.29) is 11.3 Å². The predicted molar refractivity (Wildman–Crippen MR) is 128 cm³/mol. The van der Waals surface area contributed by atoms with Gasteiger partial charge in [-0.15, -0.1) is 0 Å². The molecule has 0 saturated heterocycles. The molecule has 0 fully saturated rings. The molecule has 1 heterocycles. The number of carbonyl (C=O) groups is 2. The van der Waals surface area contributed by atoms with E-state index in [1.165, 1.54) is 0 Å². The SMILES string of the molecule is CCOc1ccccc1N1C(=O)C(Nc2ccc(Cl)cc2C)=C(c2ccc(Cl)cc2)C1=O. The van der Waals surface area contributed by atoms with Gasteiger partial charge in [-0.25, -0.2) is 4.90 Å². The molecular weight excluding hydrogens is 447 g/mol. The minimum Gasteiger partial charge on any atom is -0.492 e. The van der Waals surface area contributed by atoms with Crippen LogP contribution in [0.5, 0.6) is 5.75 Å². The van der Waals surface area contributed by atoms with Gasteiger partial charge in [0.05, 0.1) is 17.9 Å². The monoisotopic (exact) mass is 466 g/mol. The summed E-state index contributed by atoms with van der Waals surface area (Å²) in [7, 11) is 0. The summed E-state index contributed by atoms with van der Waals surface area (Å²) in [5.74, 6) is -0.462. The molecule has 3 aromatic rings. The first-order chi connectivity index (χ1) is 15.4. The van der Waals surface area contributed by atoms with Crippen LogP contribution in [-0.2, 0) is 9.59 Å². The number of hydrogen-bond acceptors (Lipinski definition) is 4. The van der Waals surface area contributed by atoms with Crippen molar-refractivity contribution >= 4 is 52.0 Å². The van der Waals surface area contributed by atoms with Gasteiger partial charge in [-0.3, -0.25) is 9.59 Å². The zero-order chi connectivity index (χ0) is 22.8. The van der Waals surface area contributed by atoms with Crippen LogP contribution in [0.25, 0.3) is 5.57 Å². The van der Waals surface area contributed by atoms with Gasteiger partial charge in [-0.1, -0.05) is 47.5 Å². The second-order valence-corrected chi connectivity index (χ2v) is 8.06. The maximum absolute atomic E-state index is 13.6. The number of ether oxygens (including phenoxy) is 1. The Kier molecular flexibility index (Phi) is 6.21. The number of imide groups is 1. The number of carbonyl (C=O) groups excluding carboxylic acids is 2. The van der Waals surface area contributed by atoms with Crippen molar-refractivity contribution in [2.75, 3.05) is 16.8 Å². The quantitative estimate of drug-likeness (QED) is 0.446. The standard InChI is InChI=1S/C25H20Cl2N2O3/c1-3-32-21-7-5-4-6-20(21)29-24(30)22(16-8-10-17(26)11-9-16)23(25(29)31)28-19-13-12-18(27)14-15(19)2/h4-14,28H,3H2,1-2H3. The largest absolute Gasteiger partial charge is 0.492 e. The molecular formula is C25H20Cl2N2O3. The van der Waals surface area contributed by atoms with Crippen LogP contribution in [0.2, 0.25) is 10.0 Å². The average Bonchev–Trinajstić information content (AvgIpc) is 3.01. The highest BCUT2D eigenvalue weighted by Crippen LogP contribution is 2.38. The van der Waals surface area contributed by atoms with Gasteiger partial charge in [-0.05, 0) is 67.4 Å². The first kappa shape index (κ1) is 21.9. The molecule has 0 atom stereocenters. The topological polar surface area (TPSA) is 58.6 Å². The molecule has 0 saturated carbocycles. The maximum atomic E-state index is 13.6. The average molecular weight is 467 g/mol. The van der Waals surface area contributed by atoms with E-state index in [0.717, 1.165) is 10.5 Å². The van der Waals surface area contributed by atoms with Crippen LogP contribution in [0.1, 0.15) is 18.1 Å². The number of aryl methyl sites for hydroxylation is 1. The predicted octanol–water partition coefficient (Wildman–Crippen LogP) is 6.10. The number of para-hydroxylation sites is 2. The summed E-state index contributed by atoms with van der Waals surface area (Å²) < 4.78 is 5.67. The van der Waals surface area contributed by atoms with Crippen molar-refractivity contribution in [3.05, 3.63) is 93.6 Å². The fourth-order valence-electron chi connectivity index (χ4n) is 3.57. The number of halogens is 2. The van der Waals surface area contributed by atoms with E-state index >= 15 is 0 Å². The highest BCUT2D eigenvalue weighted by atomic mass is 35.5. The lowest BCUT2D eigenvalue weighted by Gasteiger charge is -2.19. The first-order valence-corrected chi connectivity index (χ1v) is 10.8. The zero-order valence-corrected chi connectivity index (χ0v) is 19.0. The molecule has 2 amide bonds. The van der Waals surface area contributed by atoms with E-state index in [4.69, 9.17) is 27.9 Å². The first-order valence-electron chi connectivity index (χ1n) is 10.0. The van der Waals surface area contributed by atoms with Crippen molar-refractivity contribution in [2.24, 2.45) is 0 Å². The van der Waals surface area contributed by atoms with E-state index < -0.39 is 11.8 Å². The fourth-order valence-corrected chi connectivity index (χ4v) is 3.92. The second kappa shape index (κ2) is 9.07. The molecule has 1 aliphatic heterocycles. The normalized spacial score (nSPS) is 13.7. The third kappa shape index (κ3) is 4.09. The molecule has 0 unspecified atom stereocenters. The summed E-state index contributed by atoms with van der Waals surface area (Å²) in [5.41, 5.74) is 2.92. The molecule has 4 rings (SSSR count). The van der Waals surface area contributed by atoms with E-state index in [0.29, 0.717) is 39.3 Å². The lowest BCUT2D eigenvalue weighted by atomic mass is 10.0. The summed E-state index contributed by atoms with van der Waals surface area (Å²) in [6.45, 7) is 4.12. The van der Waals surface area contributed by atoms with Gasteiger partial charge < -0.3 is 10.1 Å². The summed E-state index contributed by atoms with van der Waals surface area (Å²) >= 11 is 12.1. The highest BCUT2D eigenvalue weighted by molar-refractivity contribution is 6.46. The molecule has 0 bridgehead atoms. The van der Waals surface area contributed by atoms with E-state index in [9.17, 15) is 9.59 Å². The van der Waals surface area contributed by atoms with Crippen LogP contribution < -0.4 is 15.0 Å². The molecule has 0 aromatic heterocycles. The van der Waals surface area contributed by atoms with Crippen molar-refractivity contribution < 1.29 is 14.3 Å². The van der Waals surface area contributed by atoms with Crippen molar-refractivity contribution in [2.45, 2.75) is 13.8 Å². The highest BCUT2D eigenvalue weighted by Gasteiger charge is 2.41. The molecule has 3 aromatic carbocycles. The number of rotatable bonds is 6. The molecule has 5 nitrogen and oxygen atoms in total. The summed E-state index contributed by atoms with van der Waals surface area (Å²) in [6.07, 6.45) is 0. The smallest absolute Gasteiger partial charge is 0.282 e. The number of anilines is 2. The molecule has 162 valence electrons. The summed E-state index contributed by atoms with van der Waals surface area (Å²) in [6, 6.07) is 19.1. The lowest BCUT2D eigenvalue weighted by molar-refractivity contribution is -0.120. The van der Waals surface area contributed by atoms with Crippen molar-refractivity contribution in [3.8, 4) is 5.75 Å².